The van der Waals surface area contributed by atoms with Gasteiger partial charge in [-0.3, -0.25) is 0 Å². The fourth-order valence-corrected chi connectivity index (χ4v) is 2.62. The minimum atomic E-state index is -0.849. The standard InChI is InChI=1S/C11H9Cl3N2O3/c1-2-18-11(17)8-9(19-4-15-8)7-5(12)3-6(13)16-10(7)14/h3-4,8-9H,2H2,1H3/t8-,9-/m0/s1. The number of aromatic nitrogens is 1. The number of pyridine rings is 1. The lowest BCUT2D eigenvalue weighted by molar-refractivity contribution is -0.146. The average Bonchev–Trinajstić information content (AvgIpc) is 2.77. The van der Waals surface area contributed by atoms with E-state index in [9.17, 15) is 4.79 Å². The largest absolute Gasteiger partial charge is 0.473 e. The van der Waals surface area contributed by atoms with Gasteiger partial charge in [0.25, 0.3) is 0 Å². The Labute approximate surface area is 124 Å². The predicted molar refractivity (Wildman–Crippen MR) is 72.0 cm³/mol. The van der Waals surface area contributed by atoms with E-state index in [1.807, 2.05) is 0 Å². The maximum atomic E-state index is 11.8. The summed E-state index contributed by atoms with van der Waals surface area (Å²) in [5.41, 5.74) is 0.364. The number of rotatable bonds is 3. The SMILES string of the molecule is CCOC(=O)[C@H]1N=CO[C@H]1c1c(Cl)cc(Cl)nc1Cl. The Hall–Kier alpha value is -1.04. The normalized spacial score (nSPS) is 21.3. The van der Waals surface area contributed by atoms with E-state index in [-0.39, 0.29) is 21.9 Å². The molecule has 0 amide bonds. The Balaban J connectivity index is 2.34. The van der Waals surface area contributed by atoms with Crippen LogP contribution in [0.15, 0.2) is 11.1 Å². The smallest absolute Gasteiger partial charge is 0.335 e. The summed E-state index contributed by atoms with van der Waals surface area (Å²) in [6.07, 6.45) is 0.414. The van der Waals surface area contributed by atoms with Gasteiger partial charge in [0.05, 0.1) is 17.2 Å². The monoisotopic (exact) mass is 322 g/mol. The van der Waals surface area contributed by atoms with E-state index in [1.54, 1.807) is 6.92 Å². The van der Waals surface area contributed by atoms with Gasteiger partial charge in [-0.25, -0.2) is 14.8 Å². The Kier molecular flexibility index (Phi) is 4.50. The maximum absolute atomic E-state index is 11.8. The van der Waals surface area contributed by atoms with E-state index in [0.717, 1.165) is 0 Å². The molecule has 0 N–H and O–H groups in total. The molecule has 0 saturated heterocycles. The number of hydrogen-bond donors (Lipinski definition) is 0. The number of aliphatic imine (C=N–C) groups is 1. The molecule has 1 aliphatic rings. The van der Waals surface area contributed by atoms with Crippen LogP contribution in [0.4, 0.5) is 0 Å². The molecule has 2 atom stereocenters. The summed E-state index contributed by atoms with van der Waals surface area (Å²) in [7, 11) is 0. The molecule has 19 heavy (non-hydrogen) atoms. The van der Waals surface area contributed by atoms with Crippen molar-refractivity contribution in [3.8, 4) is 0 Å². The lowest BCUT2D eigenvalue weighted by atomic mass is 10.1. The van der Waals surface area contributed by atoms with Crippen molar-refractivity contribution in [1.29, 1.82) is 0 Å². The average molecular weight is 324 g/mol. The Morgan fingerprint density at radius 3 is 2.84 bits per heavy atom. The second-order valence-electron chi connectivity index (χ2n) is 3.64. The summed E-state index contributed by atoms with van der Waals surface area (Å²) in [6, 6.07) is 0.576. The first-order valence-electron chi connectivity index (χ1n) is 5.39. The molecule has 0 aliphatic carbocycles. The number of carbonyl (C=O) groups excluding carboxylic acids is 1. The molecule has 1 aromatic rings. The van der Waals surface area contributed by atoms with Crippen molar-refractivity contribution < 1.29 is 14.3 Å². The van der Waals surface area contributed by atoms with E-state index in [1.165, 1.54) is 12.5 Å². The van der Waals surface area contributed by atoms with Crippen LogP contribution >= 0.6 is 34.8 Å². The highest BCUT2D eigenvalue weighted by atomic mass is 35.5. The zero-order valence-corrected chi connectivity index (χ0v) is 12.0. The molecule has 0 radical (unpaired) electrons. The summed E-state index contributed by atoms with van der Waals surface area (Å²) in [5.74, 6) is -0.511. The number of halogens is 3. The summed E-state index contributed by atoms with van der Waals surface area (Å²) in [5, 5.41) is 0.488. The molecule has 0 spiro atoms. The van der Waals surface area contributed by atoms with Crippen molar-refractivity contribution >= 4 is 47.2 Å². The van der Waals surface area contributed by atoms with Gasteiger partial charge in [-0.05, 0) is 13.0 Å². The molecule has 0 aromatic carbocycles. The van der Waals surface area contributed by atoms with Gasteiger partial charge < -0.3 is 9.47 Å². The van der Waals surface area contributed by atoms with Gasteiger partial charge in [0.1, 0.15) is 10.3 Å². The number of esters is 1. The number of nitrogens with zero attached hydrogens (tertiary/aromatic N) is 2. The van der Waals surface area contributed by atoms with E-state index in [2.05, 4.69) is 9.98 Å². The van der Waals surface area contributed by atoms with Crippen LogP contribution in [-0.4, -0.2) is 30.0 Å². The molecule has 2 heterocycles. The number of hydrogen-bond acceptors (Lipinski definition) is 5. The molecule has 0 saturated carbocycles. The second-order valence-corrected chi connectivity index (χ2v) is 4.79. The fourth-order valence-electron chi connectivity index (χ4n) is 1.68. The first kappa shape index (κ1) is 14.4. The maximum Gasteiger partial charge on any atom is 0.335 e. The zero-order valence-electron chi connectivity index (χ0n) is 9.77. The molecule has 1 aliphatic heterocycles. The van der Waals surface area contributed by atoms with Gasteiger partial charge in [-0.2, -0.15) is 0 Å². The van der Waals surface area contributed by atoms with Crippen molar-refractivity contribution in [2.75, 3.05) is 6.61 Å². The van der Waals surface area contributed by atoms with E-state index in [0.29, 0.717) is 5.56 Å². The third kappa shape index (κ3) is 2.94. The molecular formula is C11H9Cl3N2O3. The topological polar surface area (TPSA) is 60.8 Å². The first-order valence-corrected chi connectivity index (χ1v) is 6.53. The minimum absolute atomic E-state index is 0.0716. The van der Waals surface area contributed by atoms with Gasteiger partial charge in [0.2, 0.25) is 0 Å². The predicted octanol–water partition coefficient (Wildman–Crippen LogP) is 3.07. The van der Waals surface area contributed by atoms with E-state index >= 15 is 0 Å². The van der Waals surface area contributed by atoms with Crippen LogP contribution in [0.5, 0.6) is 0 Å². The Bertz CT molecular complexity index is 513. The Morgan fingerprint density at radius 2 is 2.21 bits per heavy atom. The summed E-state index contributed by atoms with van der Waals surface area (Å²) >= 11 is 17.8. The van der Waals surface area contributed by atoms with Crippen LogP contribution in [0.2, 0.25) is 15.3 Å². The highest BCUT2D eigenvalue weighted by Crippen LogP contribution is 2.37. The van der Waals surface area contributed by atoms with Crippen molar-refractivity contribution in [2.45, 2.75) is 19.1 Å². The highest BCUT2D eigenvalue weighted by molar-refractivity contribution is 6.37. The molecule has 0 fully saturated rings. The number of carbonyl (C=O) groups is 1. The minimum Gasteiger partial charge on any atom is -0.473 e. The molecule has 2 rings (SSSR count). The summed E-state index contributed by atoms with van der Waals surface area (Å²) in [4.78, 5) is 19.6. The molecule has 0 bridgehead atoms. The van der Waals surface area contributed by atoms with Gasteiger partial charge in [-0.15, -0.1) is 0 Å². The molecule has 102 valence electrons. The van der Waals surface area contributed by atoms with Gasteiger partial charge in [0, 0.05) is 0 Å². The molecule has 5 nitrogen and oxygen atoms in total. The lowest BCUT2D eigenvalue weighted by Crippen LogP contribution is -2.26. The van der Waals surface area contributed by atoms with Crippen molar-refractivity contribution in [3.05, 3.63) is 27.0 Å². The fraction of sp³-hybridized carbons (Fsp3) is 0.364. The quantitative estimate of drug-likeness (QED) is 0.633. The third-order valence-corrected chi connectivity index (χ3v) is 3.25. The van der Waals surface area contributed by atoms with Crippen molar-refractivity contribution in [1.82, 2.24) is 4.98 Å². The first-order chi connectivity index (χ1) is 9.04. The molecule has 1 aromatic heterocycles. The van der Waals surface area contributed by atoms with E-state index in [4.69, 9.17) is 44.3 Å². The lowest BCUT2D eigenvalue weighted by Gasteiger charge is -2.18. The summed E-state index contributed by atoms with van der Waals surface area (Å²) in [6.45, 7) is 1.95. The van der Waals surface area contributed by atoms with Crippen LogP contribution in [0.3, 0.4) is 0 Å². The van der Waals surface area contributed by atoms with Crippen molar-refractivity contribution in [3.63, 3.8) is 0 Å². The van der Waals surface area contributed by atoms with Crippen molar-refractivity contribution in [2.24, 2.45) is 4.99 Å². The van der Waals surface area contributed by atoms with Crippen LogP contribution in [0.25, 0.3) is 0 Å². The Morgan fingerprint density at radius 1 is 1.47 bits per heavy atom. The van der Waals surface area contributed by atoms with E-state index < -0.39 is 18.1 Å². The number of ether oxygens (including phenoxy) is 2. The van der Waals surface area contributed by atoms with Gasteiger partial charge >= 0.3 is 5.97 Å². The summed E-state index contributed by atoms with van der Waals surface area (Å²) < 4.78 is 10.2. The highest BCUT2D eigenvalue weighted by Gasteiger charge is 2.38. The third-order valence-electron chi connectivity index (χ3n) is 2.46. The van der Waals surface area contributed by atoms with Gasteiger partial charge in [-0.1, -0.05) is 34.8 Å². The van der Waals surface area contributed by atoms with Crippen LogP contribution in [-0.2, 0) is 14.3 Å². The molecule has 0 unspecified atom stereocenters. The van der Waals surface area contributed by atoms with Gasteiger partial charge in [0.15, 0.2) is 18.5 Å². The van der Waals surface area contributed by atoms with Crippen LogP contribution in [0, 0.1) is 0 Å². The molecule has 8 heteroatoms. The second kappa shape index (κ2) is 5.94. The van der Waals surface area contributed by atoms with Crippen LogP contribution in [0.1, 0.15) is 18.6 Å². The van der Waals surface area contributed by atoms with Crippen LogP contribution < -0.4 is 0 Å². The molecular weight excluding hydrogens is 314 g/mol. The zero-order chi connectivity index (χ0) is 14.0.